The Balaban J connectivity index is 2.05. The normalized spacial score (nSPS) is 12.9. The van der Waals surface area contributed by atoms with Crippen LogP contribution in [-0.4, -0.2) is 4.98 Å². The first-order valence-corrected chi connectivity index (χ1v) is 7.01. The lowest BCUT2D eigenvalue weighted by atomic mass is 10.0. The molecule has 0 saturated heterocycles. The molecule has 19 heavy (non-hydrogen) atoms. The largest absolute Gasteiger partial charge is 0.417 e. The smallest absolute Gasteiger partial charge is 0.408 e. The van der Waals surface area contributed by atoms with Gasteiger partial charge in [-0.15, -0.1) is 11.3 Å². The van der Waals surface area contributed by atoms with Crippen molar-refractivity contribution in [3.05, 3.63) is 56.2 Å². The Morgan fingerprint density at radius 2 is 2.26 bits per heavy atom. The molecule has 2 heterocycles. The summed E-state index contributed by atoms with van der Waals surface area (Å²) in [7, 11) is 0. The summed E-state index contributed by atoms with van der Waals surface area (Å²) < 4.78 is 5.07. The first kappa shape index (κ1) is 12.2. The molecule has 1 unspecified atom stereocenters. The van der Waals surface area contributed by atoms with Crippen LogP contribution in [0.2, 0.25) is 0 Å². The number of fused-ring (bicyclic) bond motifs is 1. The van der Waals surface area contributed by atoms with Gasteiger partial charge in [-0.2, -0.15) is 0 Å². The predicted octanol–water partition coefficient (Wildman–Crippen LogP) is 2.79. The fraction of sp³-hybridized carbons (Fsp3) is 0.214. The molecule has 2 aromatic heterocycles. The van der Waals surface area contributed by atoms with Crippen LogP contribution in [0.3, 0.4) is 0 Å². The van der Waals surface area contributed by atoms with Gasteiger partial charge in [-0.05, 0) is 41.1 Å². The second kappa shape index (κ2) is 4.68. The Bertz CT molecular complexity index is 769. The van der Waals surface area contributed by atoms with E-state index in [4.69, 9.17) is 10.2 Å². The van der Waals surface area contributed by atoms with Gasteiger partial charge in [-0.3, -0.25) is 4.98 Å². The molecule has 0 aliphatic heterocycles. The van der Waals surface area contributed by atoms with Gasteiger partial charge in [0, 0.05) is 4.88 Å². The van der Waals surface area contributed by atoms with E-state index in [2.05, 4.69) is 23.4 Å². The van der Waals surface area contributed by atoms with Gasteiger partial charge in [0.25, 0.3) is 0 Å². The van der Waals surface area contributed by atoms with Gasteiger partial charge < -0.3 is 10.2 Å². The van der Waals surface area contributed by atoms with E-state index in [9.17, 15) is 4.79 Å². The molecule has 4 nitrogen and oxygen atoms in total. The highest BCUT2D eigenvalue weighted by Gasteiger charge is 2.15. The van der Waals surface area contributed by atoms with E-state index in [0.717, 1.165) is 12.0 Å². The minimum Gasteiger partial charge on any atom is -0.408 e. The van der Waals surface area contributed by atoms with Gasteiger partial charge in [0.2, 0.25) is 0 Å². The van der Waals surface area contributed by atoms with Crippen LogP contribution in [0.1, 0.15) is 29.0 Å². The molecule has 3 rings (SSSR count). The van der Waals surface area contributed by atoms with E-state index in [1.54, 1.807) is 11.3 Å². The van der Waals surface area contributed by atoms with Gasteiger partial charge in [0.05, 0.1) is 11.6 Å². The lowest BCUT2D eigenvalue weighted by Crippen LogP contribution is -2.11. The zero-order valence-corrected chi connectivity index (χ0v) is 11.3. The minimum atomic E-state index is -0.439. The molecule has 0 spiro atoms. The Morgan fingerprint density at radius 3 is 3.05 bits per heavy atom. The number of aromatic amines is 1. The molecule has 1 atom stereocenters. The highest BCUT2D eigenvalue weighted by atomic mass is 32.1. The molecule has 0 saturated carbocycles. The number of benzene rings is 1. The van der Waals surface area contributed by atoms with Crippen LogP contribution in [0.25, 0.3) is 11.1 Å². The van der Waals surface area contributed by atoms with Crippen LogP contribution >= 0.6 is 11.3 Å². The average Bonchev–Trinajstić information content (AvgIpc) is 3.01. The van der Waals surface area contributed by atoms with Gasteiger partial charge >= 0.3 is 5.76 Å². The number of hydrogen-bond acceptors (Lipinski definition) is 4. The van der Waals surface area contributed by atoms with Crippen LogP contribution in [0, 0.1) is 0 Å². The van der Waals surface area contributed by atoms with E-state index in [1.807, 2.05) is 18.2 Å². The quantitative estimate of drug-likeness (QED) is 0.771. The lowest BCUT2D eigenvalue weighted by Gasteiger charge is -2.12. The SMILES string of the molecule is CCc1ccsc1C(N)c1ccc2[nH]c(=O)oc2c1. The third-order valence-corrected chi connectivity index (χ3v) is 4.29. The Kier molecular flexibility index (Phi) is 3.00. The maximum absolute atomic E-state index is 11.1. The maximum Gasteiger partial charge on any atom is 0.417 e. The summed E-state index contributed by atoms with van der Waals surface area (Å²) in [6.45, 7) is 2.12. The number of nitrogens with one attached hydrogen (secondary N) is 1. The Labute approximate surface area is 113 Å². The lowest BCUT2D eigenvalue weighted by molar-refractivity contribution is 0.555. The summed E-state index contributed by atoms with van der Waals surface area (Å²) >= 11 is 1.66. The molecule has 98 valence electrons. The van der Waals surface area contributed by atoms with Gasteiger partial charge in [0.15, 0.2) is 5.58 Å². The number of aromatic nitrogens is 1. The van der Waals surface area contributed by atoms with E-state index in [-0.39, 0.29) is 6.04 Å². The first-order chi connectivity index (χ1) is 9.19. The van der Waals surface area contributed by atoms with Crippen LogP contribution in [0.15, 0.2) is 38.9 Å². The molecular formula is C14H14N2O2S. The molecule has 3 N–H and O–H groups in total. The number of H-pyrrole nitrogens is 1. The van der Waals surface area contributed by atoms with E-state index < -0.39 is 5.76 Å². The second-order valence-electron chi connectivity index (χ2n) is 4.41. The van der Waals surface area contributed by atoms with Crippen molar-refractivity contribution in [1.82, 2.24) is 4.98 Å². The van der Waals surface area contributed by atoms with Gasteiger partial charge in [-0.1, -0.05) is 13.0 Å². The zero-order valence-electron chi connectivity index (χ0n) is 10.5. The monoisotopic (exact) mass is 274 g/mol. The predicted molar refractivity (Wildman–Crippen MR) is 76.6 cm³/mol. The summed E-state index contributed by atoms with van der Waals surface area (Å²) in [5, 5.41) is 2.06. The Hall–Kier alpha value is -1.85. The molecular weight excluding hydrogens is 260 g/mol. The molecule has 0 amide bonds. The standard InChI is InChI=1S/C14H14N2O2S/c1-2-8-5-6-19-13(8)12(15)9-3-4-10-11(7-9)18-14(17)16-10/h3-7,12H,2,15H2,1H3,(H,16,17). The second-order valence-corrected chi connectivity index (χ2v) is 5.36. The Morgan fingerprint density at radius 1 is 1.42 bits per heavy atom. The molecule has 0 radical (unpaired) electrons. The topological polar surface area (TPSA) is 72.0 Å². The minimum absolute atomic E-state index is 0.181. The average molecular weight is 274 g/mol. The van der Waals surface area contributed by atoms with Crippen LogP contribution in [0.4, 0.5) is 0 Å². The molecule has 0 bridgehead atoms. The number of nitrogens with two attached hydrogens (primary N) is 1. The fourth-order valence-electron chi connectivity index (χ4n) is 2.22. The molecule has 0 fully saturated rings. The summed E-state index contributed by atoms with van der Waals surface area (Å²) in [5.41, 5.74) is 9.78. The molecule has 0 aliphatic carbocycles. The van der Waals surface area contributed by atoms with Crippen molar-refractivity contribution in [2.75, 3.05) is 0 Å². The van der Waals surface area contributed by atoms with Crippen molar-refractivity contribution < 1.29 is 4.42 Å². The maximum atomic E-state index is 11.1. The molecule has 5 heteroatoms. The van der Waals surface area contributed by atoms with Gasteiger partial charge in [0.1, 0.15) is 0 Å². The molecule has 3 aromatic rings. The van der Waals surface area contributed by atoms with Crippen LogP contribution in [0.5, 0.6) is 0 Å². The van der Waals surface area contributed by atoms with E-state index in [1.165, 1.54) is 10.4 Å². The van der Waals surface area contributed by atoms with Crippen molar-refractivity contribution in [2.24, 2.45) is 5.73 Å². The number of rotatable bonds is 3. The highest BCUT2D eigenvalue weighted by Crippen LogP contribution is 2.29. The number of oxazole rings is 1. The van der Waals surface area contributed by atoms with E-state index >= 15 is 0 Å². The highest BCUT2D eigenvalue weighted by molar-refractivity contribution is 7.10. The van der Waals surface area contributed by atoms with Gasteiger partial charge in [-0.25, -0.2) is 4.79 Å². The zero-order chi connectivity index (χ0) is 13.4. The number of thiophene rings is 1. The first-order valence-electron chi connectivity index (χ1n) is 6.13. The van der Waals surface area contributed by atoms with Crippen LogP contribution < -0.4 is 11.5 Å². The van der Waals surface area contributed by atoms with Crippen molar-refractivity contribution in [2.45, 2.75) is 19.4 Å². The summed E-state index contributed by atoms with van der Waals surface area (Å²) in [6, 6.07) is 7.51. The molecule has 0 aliphatic rings. The summed E-state index contributed by atoms with van der Waals surface area (Å²) in [5.74, 6) is -0.439. The van der Waals surface area contributed by atoms with Crippen molar-refractivity contribution in [3.63, 3.8) is 0 Å². The third-order valence-electron chi connectivity index (χ3n) is 3.25. The van der Waals surface area contributed by atoms with Crippen LogP contribution in [-0.2, 0) is 6.42 Å². The van der Waals surface area contributed by atoms with Crippen molar-refractivity contribution >= 4 is 22.4 Å². The summed E-state index contributed by atoms with van der Waals surface area (Å²) in [6.07, 6.45) is 0.966. The summed E-state index contributed by atoms with van der Waals surface area (Å²) in [4.78, 5) is 14.9. The third kappa shape index (κ3) is 2.11. The molecule has 1 aromatic carbocycles. The van der Waals surface area contributed by atoms with Crippen molar-refractivity contribution in [3.8, 4) is 0 Å². The number of aryl methyl sites for hydroxylation is 1. The number of hydrogen-bond donors (Lipinski definition) is 2. The van der Waals surface area contributed by atoms with E-state index in [0.29, 0.717) is 11.1 Å². The van der Waals surface area contributed by atoms with Crippen molar-refractivity contribution in [1.29, 1.82) is 0 Å². The fourth-order valence-corrected chi connectivity index (χ4v) is 3.24.